The van der Waals surface area contributed by atoms with E-state index < -0.39 is 0 Å². The number of quaternary nitrogens is 1. The van der Waals surface area contributed by atoms with Gasteiger partial charge in [0.15, 0.2) is 6.54 Å². The molecule has 5 nitrogen and oxygen atoms in total. The predicted octanol–water partition coefficient (Wildman–Crippen LogP) is -0.283. The first-order valence-corrected chi connectivity index (χ1v) is 6.79. The number of nitrogens with one attached hydrogen (secondary N) is 2. The van der Waals surface area contributed by atoms with Crippen molar-refractivity contribution >= 4 is 18.2 Å². The van der Waals surface area contributed by atoms with Gasteiger partial charge >= 0.3 is 0 Å². The fraction of sp³-hybridized carbons (Fsp3) is 0.333. The fourth-order valence-electron chi connectivity index (χ4n) is 1.97. The summed E-state index contributed by atoms with van der Waals surface area (Å²) in [7, 11) is 0. The molecule has 0 spiro atoms. The minimum absolute atomic E-state index is 0.0636. The minimum Gasteiger partial charge on any atom is -0.370 e. The van der Waals surface area contributed by atoms with Gasteiger partial charge in [-0.25, -0.2) is 5.43 Å². The predicted molar refractivity (Wildman–Crippen MR) is 78.5 cm³/mol. The highest BCUT2D eigenvalue weighted by Crippen LogP contribution is 1.99. The zero-order chi connectivity index (χ0) is 14.0. The van der Waals surface area contributed by atoms with Crippen LogP contribution in [0.3, 0.4) is 0 Å². The van der Waals surface area contributed by atoms with Crippen molar-refractivity contribution < 1.29 is 14.4 Å². The van der Waals surface area contributed by atoms with Crippen LogP contribution in [0, 0.1) is 0 Å². The summed E-state index contributed by atoms with van der Waals surface area (Å²) < 4.78 is 5.25. The number of hydrogen-bond donors (Lipinski definition) is 2. The van der Waals surface area contributed by atoms with Gasteiger partial charge in [0.2, 0.25) is 0 Å². The van der Waals surface area contributed by atoms with Crippen molar-refractivity contribution in [2.75, 3.05) is 32.8 Å². The van der Waals surface area contributed by atoms with E-state index in [9.17, 15) is 4.79 Å². The van der Waals surface area contributed by atoms with Crippen molar-refractivity contribution in [2.24, 2.45) is 5.10 Å². The van der Waals surface area contributed by atoms with Crippen LogP contribution in [0.2, 0.25) is 0 Å². The molecule has 5 heteroatoms. The van der Waals surface area contributed by atoms with Crippen molar-refractivity contribution in [2.45, 2.75) is 0 Å². The number of carbonyl (C=O) groups is 1. The van der Waals surface area contributed by atoms with Crippen molar-refractivity contribution in [3.8, 4) is 0 Å². The van der Waals surface area contributed by atoms with Crippen molar-refractivity contribution in [1.29, 1.82) is 0 Å². The first kappa shape index (κ1) is 14.4. The molecule has 0 atom stereocenters. The number of nitrogens with zero attached hydrogens (tertiary/aromatic N) is 1. The minimum atomic E-state index is -0.0636. The van der Waals surface area contributed by atoms with Crippen molar-refractivity contribution in [3.05, 3.63) is 42.0 Å². The number of amides is 1. The van der Waals surface area contributed by atoms with Crippen LogP contribution in [-0.2, 0) is 9.53 Å². The molecule has 1 saturated heterocycles. The van der Waals surface area contributed by atoms with Gasteiger partial charge in [-0.3, -0.25) is 4.79 Å². The normalized spacial score (nSPS) is 16.8. The Morgan fingerprint density at radius 1 is 1.30 bits per heavy atom. The van der Waals surface area contributed by atoms with Crippen LogP contribution in [-0.4, -0.2) is 45.0 Å². The lowest BCUT2D eigenvalue weighted by Gasteiger charge is -2.22. The molecule has 1 amide bonds. The largest absolute Gasteiger partial charge is 0.370 e. The topological polar surface area (TPSA) is 55.1 Å². The Hall–Kier alpha value is -1.98. The SMILES string of the molecule is O=C(C[NH+]1CCOCC1)N/N=C\C=C\c1ccccc1. The van der Waals surface area contributed by atoms with E-state index >= 15 is 0 Å². The Labute approximate surface area is 118 Å². The molecule has 0 aromatic heterocycles. The Kier molecular flexibility index (Phi) is 5.95. The van der Waals surface area contributed by atoms with E-state index in [-0.39, 0.29) is 5.91 Å². The molecule has 1 heterocycles. The maximum absolute atomic E-state index is 11.6. The van der Waals surface area contributed by atoms with E-state index in [0.717, 1.165) is 31.9 Å². The average molecular weight is 274 g/mol. The molecule has 1 fully saturated rings. The van der Waals surface area contributed by atoms with E-state index in [0.29, 0.717) is 6.54 Å². The van der Waals surface area contributed by atoms with Gasteiger partial charge in [-0.2, -0.15) is 5.10 Å². The molecule has 0 saturated carbocycles. The maximum atomic E-state index is 11.6. The molecule has 0 bridgehead atoms. The number of benzene rings is 1. The third-order valence-electron chi connectivity index (χ3n) is 3.05. The van der Waals surface area contributed by atoms with Crippen LogP contribution in [0.25, 0.3) is 6.08 Å². The summed E-state index contributed by atoms with van der Waals surface area (Å²) in [5.41, 5.74) is 3.63. The third-order valence-corrected chi connectivity index (χ3v) is 3.05. The standard InChI is InChI=1S/C15H19N3O2/c19-15(13-18-9-11-20-12-10-18)17-16-8-4-7-14-5-2-1-3-6-14/h1-8H,9-13H2,(H,17,19)/p+1/b7-4+,16-8-. The van der Waals surface area contributed by atoms with Crippen LogP contribution >= 0.6 is 0 Å². The molecule has 2 N–H and O–H groups in total. The molecule has 0 aliphatic carbocycles. The fourth-order valence-corrected chi connectivity index (χ4v) is 1.97. The number of hydrogen-bond acceptors (Lipinski definition) is 3. The van der Waals surface area contributed by atoms with Crippen LogP contribution in [0.1, 0.15) is 5.56 Å². The van der Waals surface area contributed by atoms with Crippen molar-refractivity contribution in [3.63, 3.8) is 0 Å². The monoisotopic (exact) mass is 274 g/mol. The zero-order valence-electron chi connectivity index (χ0n) is 11.4. The van der Waals surface area contributed by atoms with Gasteiger partial charge in [-0.15, -0.1) is 0 Å². The Balaban J connectivity index is 1.67. The van der Waals surface area contributed by atoms with Gasteiger partial charge in [-0.05, 0) is 11.6 Å². The van der Waals surface area contributed by atoms with Gasteiger partial charge < -0.3 is 9.64 Å². The number of allylic oxidation sites excluding steroid dienone is 1. The van der Waals surface area contributed by atoms with Gasteiger partial charge in [0, 0.05) is 6.21 Å². The first-order valence-electron chi connectivity index (χ1n) is 6.79. The van der Waals surface area contributed by atoms with E-state index in [2.05, 4.69) is 10.5 Å². The molecule has 1 aromatic rings. The highest BCUT2D eigenvalue weighted by Gasteiger charge is 2.16. The molecule has 2 rings (SSSR count). The quantitative estimate of drug-likeness (QED) is 0.573. The molecule has 106 valence electrons. The molecular formula is C15H20N3O2+. The van der Waals surface area contributed by atoms with Crippen LogP contribution in [0.15, 0.2) is 41.5 Å². The van der Waals surface area contributed by atoms with E-state index in [1.165, 1.54) is 4.90 Å². The van der Waals surface area contributed by atoms with E-state index in [4.69, 9.17) is 4.74 Å². The third kappa shape index (κ3) is 5.34. The zero-order valence-corrected chi connectivity index (χ0v) is 11.4. The van der Waals surface area contributed by atoms with Gasteiger partial charge in [-0.1, -0.05) is 36.4 Å². The molecule has 1 aliphatic rings. The molecule has 20 heavy (non-hydrogen) atoms. The van der Waals surface area contributed by atoms with E-state index in [1.807, 2.05) is 36.4 Å². The van der Waals surface area contributed by atoms with Crippen LogP contribution in [0.4, 0.5) is 0 Å². The second-order valence-electron chi connectivity index (χ2n) is 4.62. The highest BCUT2D eigenvalue weighted by atomic mass is 16.5. The molecule has 1 aliphatic heterocycles. The lowest BCUT2D eigenvalue weighted by molar-refractivity contribution is -0.900. The number of rotatable bonds is 5. The Morgan fingerprint density at radius 2 is 2.05 bits per heavy atom. The summed E-state index contributed by atoms with van der Waals surface area (Å²) in [5, 5.41) is 3.90. The molecule has 0 unspecified atom stereocenters. The van der Waals surface area contributed by atoms with Crippen LogP contribution in [0.5, 0.6) is 0 Å². The molecule has 0 radical (unpaired) electrons. The van der Waals surface area contributed by atoms with Crippen molar-refractivity contribution in [1.82, 2.24) is 5.43 Å². The van der Waals surface area contributed by atoms with Crippen LogP contribution < -0.4 is 10.3 Å². The van der Waals surface area contributed by atoms with Gasteiger partial charge in [0.25, 0.3) is 5.91 Å². The number of carbonyl (C=O) groups excluding carboxylic acids is 1. The van der Waals surface area contributed by atoms with Gasteiger partial charge in [0.05, 0.1) is 13.2 Å². The number of hydrazone groups is 1. The summed E-state index contributed by atoms with van der Waals surface area (Å²) in [5.74, 6) is -0.0636. The lowest BCUT2D eigenvalue weighted by atomic mass is 10.2. The molecular weight excluding hydrogens is 254 g/mol. The Morgan fingerprint density at radius 3 is 2.80 bits per heavy atom. The summed E-state index contributed by atoms with van der Waals surface area (Å²) in [6.45, 7) is 3.66. The maximum Gasteiger partial charge on any atom is 0.295 e. The number of morpholine rings is 1. The summed E-state index contributed by atoms with van der Waals surface area (Å²) >= 11 is 0. The van der Waals surface area contributed by atoms with E-state index in [1.54, 1.807) is 12.3 Å². The molecule has 1 aromatic carbocycles. The highest BCUT2D eigenvalue weighted by molar-refractivity contribution is 5.81. The second kappa shape index (κ2) is 8.24. The summed E-state index contributed by atoms with van der Waals surface area (Å²) in [4.78, 5) is 12.9. The van der Waals surface area contributed by atoms with Gasteiger partial charge in [0.1, 0.15) is 13.1 Å². The Bertz CT molecular complexity index is 465. The smallest absolute Gasteiger partial charge is 0.295 e. The lowest BCUT2D eigenvalue weighted by Crippen LogP contribution is -3.15. The summed E-state index contributed by atoms with van der Waals surface area (Å²) in [6, 6.07) is 9.93. The average Bonchev–Trinajstić information content (AvgIpc) is 2.49. The summed E-state index contributed by atoms with van der Waals surface area (Å²) in [6.07, 6.45) is 5.32. The second-order valence-corrected chi connectivity index (χ2v) is 4.62. The number of ether oxygens (including phenoxy) is 1. The first-order chi connectivity index (χ1) is 9.84.